The van der Waals surface area contributed by atoms with Crippen LogP contribution in [0.15, 0.2) is 51.1 Å². The molecule has 1 amide bonds. The van der Waals surface area contributed by atoms with Gasteiger partial charge in [0.25, 0.3) is 11.5 Å². The summed E-state index contributed by atoms with van der Waals surface area (Å²) in [7, 11) is 0. The van der Waals surface area contributed by atoms with Crippen LogP contribution in [0.1, 0.15) is 41.3 Å². The molecule has 0 bridgehead atoms. The molecule has 3 aromatic heterocycles. The number of pyridine rings is 1. The van der Waals surface area contributed by atoms with Gasteiger partial charge in [-0.25, -0.2) is 4.98 Å². The Hall–Kier alpha value is -2.71. The summed E-state index contributed by atoms with van der Waals surface area (Å²) >= 11 is 1.42. The van der Waals surface area contributed by atoms with Crippen molar-refractivity contribution in [2.45, 2.75) is 32.4 Å². The molecule has 146 valence electrons. The predicted molar refractivity (Wildman–Crippen MR) is 108 cm³/mol. The molecule has 4 heterocycles. The van der Waals surface area contributed by atoms with Crippen molar-refractivity contribution in [1.82, 2.24) is 14.5 Å². The van der Waals surface area contributed by atoms with Crippen molar-refractivity contribution in [2.24, 2.45) is 0 Å². The number of thiazole rings is 1. The quantitative estimate of drug-likeness (QED) is 0.690. The Morgan fingerprint density at radius 2 is 2.00 bits per heavy atom. The number of amides is 1. The first kappa shape index (κ1) is 18.6. The molecule has 4 rings (SSSR count). The van der Waals surface area contributed by atoms with Crippen LogP contribution in [0.5, 0.6) is 0 Å². The van der Waals surface area contributed by atoms with E-state index in [1.54, 1.807) is 30.5 Å². The lowest BCUT2D eigenvalue weighted by atomic mass is 10.1. The highest BCUT2D eigenvalue weighted by Gasteiger charge is 2.16. The summed E-state index contributed by atoms with van der Waals surface area (Å²) in [6, 6.07) is 8.27. The van der Waals surface area contributed by atoms with Gasteiger partial charge in [0.05, 0.1) is 12.2 Å². The lowest BCUT2D eigenvalue weighted by molar-refractivity contribution is 0.0994. The Balaban J connectivity index is 1.36. The van der Waals surface area contributed by atoms with E-state index < -0.39 is 0 Å². The molecule has 1 aliphatic rings. The molecule has 1 saturated heterocycles. The zero-order valence-electron chi connectivity index (χ0n) is 15.5. The number of carbonyl (C=O) groups is 1. The minimum absolute atomic E-state index is 0.117. The molecule has 7 nitrogen and oxygen atoms in total. The van der Waals surface area contributed by atoms with Gasteiger partial charge in [0.2, 0.25) is 0 Å². The molecule has 0 unspecified atom stereocenters. The first-order valence-electron chi connectivity index (χ1n) is 9.40. The van der Waals surface area contributed by atoms with Crippen LogP contribution in [-0.2, 0) is 13.1 Å². The number of rotatable bonds is 6. The van der Waals surface area contributed by atoms with Crippen molar-refractivity contribution in [3.8, 4) is 0 Å². The molecule has 0 radical (unpaired) electrons. The van der Waals surface area contributed by atoms with Crippen LogP contribution in [-0.4, -0.2) is 33.4 Å². The van der Waals surface area contributed by atoms with Crippen LogP contribution in [0.2, 0.25) is 0 Å². The van der Waals surface area contributed by atoms with Crippen molar-refractivity contribution < 1.29 is 9.21 Å². The Bertz CT molecular complexity index is 1000. The summed E-state index contributed by atoms with van der Waals surface area (Å²) in [5.74, 6) is 0.403. The molecule has 3 aromatic rings. The van der Waals surface area contributed by atoms with E-state index in [1.807, 2.05) is 5.38 Å². The number of furan rings is 1. The van der Waals surface area contributed by atoms with E-state index in [1.165, 1.54) is 41.2 Å². The zero-order chi connectivity index (χ0) is 19.3. The monoisotopic (exact) mass is 398 g/mol. The number of likely N-dealkylation sites (tertiary alicyclic amines) is 1. The normalized spacial score (nSPS) is 14.9. The summed E-state index contributed by atoms with van der Waals surface area (Å²) in [5.41, 5.74) is 0.861. The summed E-state index contributed by atoms with van der Waals surface area (Å²) in [6.45, 7) is 3.32. The van der Waals surface area contributed by atoms with Crippen molar-refractivity contribution in [1.29, 1.82) is 0 Å². The second kappa shape index (κ2) is 8.53. The number of nitrogens with zero attached hydrogens (tertiary/aromatic N) is 3. The van der Waals surface area contributed by atoms with Crippen LogP contribution in [0, 0.1) is 0 Å². The molecule has 1 fully saturated rings. The van der Waals surface area contributed by atoms with Crippen LogP contribution in [0.25, 0.3) is 0 Å². The topological polar surface area (TPSA) is 80.4 Å². The highest BCUT2D eigenvalue weighted by atomic mass is 32.1. The molecular formula is C20H22N4O3S. The van der Waals surface area contributed by atoms with Gasteiger partial charge < -0.3 is 8.98 Å². The maximum atomic E-state index is 12.4. The second-order valence-electron chi connectivity index (χ2n) is 6.87. The number of nitrogens with one attached hydrogen (secondary N) is 1. The fourth-order valence-corrected chi connectivity index (χ4v) is 3.98. The number of carbonyl (C=O) groups excluding carboxylic acids is 1. The van der Waals surface area contributed by atoms with E-state index in [-0.39, 0.29) is 23.8 Å². The minimum Gasteiger partial charge on any atom is -0.454 e. The van der Waals surface area contributed by atoms with E-state index in [4.69, 9.17) is 4.42 Å². The third-order valence-corrected chi connectivity index (χ3v) is 5.52. The number of hydrogen-bond donors (Lipinski definition) is 1. The molecule has 0 aromatic carbocycles. The van der Waals surface area contributed by atoms with Crippen LogP contribution in [0.4, 0.5) is 5.13 Å². The minimum atomic E-state index is -0.342. The number of aromatic nitrogens is 2. The lowest BCUT2D eigenvalue weighted by Crippen LogP contribution is -2.29. The van der Waals surface area contributed by atoms with Gasteiger partial charge in [-0.15, -0.1) is 11.3 Å². The molecule has 0 atom stereocenters. The van der Waals surface area contributed by atoms with Gasteiger partial charge in [-0.2, -0.15) is 0 Å². The van der Waals surface area contributed by atoms with E-state index in [0.29, 0.717) is 10.9 Å². The van der Waals surface area contributed by atoms with E-state index >= 15 is 0 Å². The molecule has 28 heavy (non-hydrogen) atoms. The summed E-state index contributed by atoms with van der Waals surface area (Å²) < 4.78 is 7.12. The third-order valence-electron chi connectivity index (χ3n) is 4.72. The van der Waals surface area contributed by atoms with Gasteiger partial charge in [-0.05, 0) is 44.1 Å². The smallest absolute Gasteiger partial charge is 0.293 e. The fraction of sp³-hybridized carbons (Fsp3) is 0.350. The van der Waals surface area contributed by atoms with Gasteiger partial charge in [0, 0.05) is 24.2 Å². The highest BCUT2D eigenvalue weighted by molar-refractivity contribution is 7.13. The van der Waals surface area contributed by atoms with Crippen LogP contribution in [0.3, 0.4) is 0 Å². The van der Waals surface area contributed by atoms with Crippen molar-refractivity contribution in [3.05, 3.63) is 69.5 Å². The summed E-state index contributed by atoms with van der Waals surface area (Å²) in [6.07, 6.45) is 5.47. The number of piperidine rings is 1. The summed E-state index contributed by atoms with van der Waals surface area (Å²) in [4.78, 5) is 31.1. The predicted octanol–water partition coefficient (Wildman–Crippen LogP) is 3.18. The maximum absolute atomic E-state index is 12.4. The van der Waals surface area contributed by atoms with Crippen molar-refractivity contribution in [2.75, 3.05) is 18.4 Å². The lowest BCUT2D eigenvalue weighted by Gasteiger charge is -2.25. The Morgan fingerprint density at radius 3 is 2.82 bits per heavy atom. The standard InChI is InChI=1S/C20H22N4O3S/c25-18-6-2-5-11-24(18)13-16-7-8-17(27-16)19(26)22-20-21-15(14-28-20)12-23-9-3-1-4-10-23/h2,5-8,11,14H,1,3-4,9-10,12-13H2,(H,21,22,26). The average molecular weight is 398 g/mol. The van der Waals surface area contributed by atoms with Crippen LogP contribution < -0.4 is 10.9 Å². The molecule has 0 spiro atoms. The Kier molecular flexibility index (Phi) is 5.68. The van der Waals surface area contributed by atoms with E-state index in [0.717, 1.165) is 25.3 Å². The zero-order valence-corrected chi connectivity index (χ0v) is 16.3. The average Bonchev–Trinajstić information content (AvgIpc) is 3.34. The number of hydrogen-bond acceptors (Lipinski definition) is 6. The molecular weight excluding hydrogens is 376 g/mol. The van der Waals surface area contributed by atoms with Gasteiger partial charge in [-0.1, -0.05) is 12.5 Å². The SMILES string of the molecule is O=C(Nc1nc(CN2CCCCC2)cs1)c1ccc(Cn2ccccc2=O)o1. The molecule has 0 aliphatic carbocycles. The Morgan fingerprint density at radius 1 is 1.14 bits per heavy atom. The maximum Gasteiger partial charge on any atom is 0.293 e. The van der Waals surface area contributed by atoms with E-state index in [2.05, 4.69) is 15.2 Å². The van der Waals surface area contributed by atoms with Crippen molar-refractivity contribution >= 4 is 22.4 Å². The fourth-order valence-electron chi connectivity index (χ4n) is 3.29. The first-order chi connectivity index (χ1) is 13.7. The van der Waals surface area contributed by atoms with Gasteiger partial charge in [0.1, 0.15) is 5.76 Å². The largest absolute Gasteiger partial charge is 0.454 e. The highest BCUT2D eigenvalue weighted by Crippen LogP contribution is 2.20. The second-order valence-corrected chi connectivity index (χ2v) is 7.73. The Labute approximate surface area is 166 Å². The third kappa shape index (κ3) is 4.58. The van der Waals surface area contributed by atoms with Crippen LogP contribution >= 0.6 is 11.3 Å². The van der Waals surface area contributed by atoms with E-state index in [9.17, 15) is 9.59 Å². The van der Waals surface area contributed by atoms with Crippen molar-refractivity contribution in [3.63, 3.8) is 0 Å². The molecule has 8 heteroatoms. The molecule has 0 saturated carbocycles. The van der Waals surface area contributed by atoms with Gasteiger partial charge >= 0.3 is 0 Å². The summed E-state index contributed by atoms with van der Waals surface area (Å²) in [5, 5.41) is 5.34. The first-order valence-corrected chi connectivity index (χ1v) is 10.3. The van der Waals surface area contributed by atoms with Gasteiger partial charge in [-0.3, -0.25) is 19.8 Å². The molecule has 1 aliphatic heterocycles. The molecule has 1 N–H and O–H groups in total. The van der Waals surface area contributed by atoms with Gasteiger partial charge in [0.15, 0.2) is 10.9 Å². The number of anilines is 1.